The van der Waals surface area contributed by atoms with E-state index < -0.39 is 22.2 Å². The maximum absolute atomic E-state index is 11.4. The predicted octanol–water partition coefficient (Wildman–Crippen LogP) is -0.907. The Hall–Kier alpha value is -1.57. The molecule has 3 amide bonds. The maximum atomic E-state index is 11.4. The maximum Gasteiger partial charge on any atom is 0.336 e. The molecule has 16 heavy (non-hydrogen) atoms. The lowest BCUT2D eigenvalue weighted by Gasteiger charge is -2.29. The van der Waals surface area contributed by atoms with Crippen LogP contribution in [0.15, 0.2) is 0 Å². The summed E-state index contributed by atoms with van der Waals surface area (Å²) in [6.45, 7) is 3.99. The van der Waals surface area contributed by atoms with E-state index in [1.807, 2.05) is 0 Å². The zero-order valence-corrected chi connectivity index (χ0v) is 10.2. The molecule has 0 aliphatic rings. The summed E-state index contributed by atoms with van der Waals surface area (Å²) in [6.07, 6.45) is 0. The fraction of sp³-hybridized carbons (Fsp3) is 0.625. The second-order valence-corrected chi connectivity index (χ2v) is 3.55. The number of hydrogen-bond acceptors (Lipinski definition) is 4. The minimum Gasteiger partial charge on any atom is -0.337 e. The molecular weight excluding hydrogens is 234 g/mol. The average Bonchev–Trinajstić information content (AvgIpc) is 2.17. The van der Waals surface area contributed by atoms with Gasteiger partial charge in [0.05, 0.1) is 0 Å². The molecule has 0 aromatic carbocycles. The number of hydrogen-bond donors (Lipinski definition) is 1. The van der Waals surface area contributed by atoms with Gasteiger partial charge in [-0.15, -0.1) is 0 Å². The van der Waals surface area contributed by atoms with Gasteiger partial charge in [-0.2, -0.15) is 8.42 Å². The Kier molecular flexibility index (Phi) is 6.16. The average molecular weight is 249 g/mol. The van der Waals surface area contributed by atoms with Crippen molar-refractivity contribution in [3.63, 3.8) is 0 Å². The Labute approximate surface area is 95.5 Å². The summed E-state index contributed by atoms with van der Waals surface area (Å²) in [6, 6.07) is -0.470. The summed E-state index contributed by atoms with van der Waals surface area (Å²) in [4.78, 5) is 22.8. The highest BCUT2D eigenvalue weighted by atomic mass is 32.2. The molecule has 0 aliphatic heterocycles. The molecule has 8 heteroatoms. The second kappa shape index (κ2) is 6.83. The van der Waals surface area contributed by atoms with Crippen molar-refractivity contribution in [2.24, 2.45) is 0 Å². The summed E-state index contributed by atoms with van der Waals surface area (Å²) < 4.78 is 20.7. The minimum atomic E-state index is -2.58. The number of amides is 3. The fourth-order valence-corrected chi connectivity index (χ4v) is 1.32. The lowest BCUT2D eigenvalue weighted by molar-refractivity contribution is -0.133. The van der Waals surface area contributed by atoms with E-state index in [1.165, 1.54) is 7.05 Å². The molecule has 0 spiro atoms. The molecule has 0 aromatic heterocycles. The molecule has 0 fully saturated rings. The number of carbonyl (C=O) groups is 2. The quantitative estimate of drug-likeness (QED) is 0.518. The van der Waals surface area contributed by atoms with E-state index in [0.717, 1.165) is 10.0 Å². The number of nitrogens with zero attached hydrogens (tertiary/aromatic N) is 2. The molecule has 0 rings (SSSR count). The van der Waals surface area contributed by atoms with Crippen molar-refractivity contribution in [3.8, 4) is 0 Å². The van der Waals surface area contributed by atoms with E-state index in [4.69, 9.17) is 0 Å². The molecule has 0 atom stereocenters. The molecular formula is C8H15N3O4S. The van der Waals surface area contributed by atoms with Crippen LogP contribution in [-0.2, 0) is 15.1 Å². The zero-order valence-electron chi connectivity index (χ0n) is 9.43. The van der Waals surface area contributed by atoms with Crippen molar-refractivity contribution < 1.29 is 18.0 Å². The van der Waals surface area contributed by atoms with Crippen molar-refractivity contribution in [1.82, 2.24) is 15.3 Å². The molecule has 0 aliphatic carbocycles. The highest BCUT2D eigenvalue weighted by molar-refractivity contribution is 7.73. The summed E-state index contributed by atoms with van der Waals surface area (Å²) in [5.41, 5.74) is 0. The van der Waals surface area contributed by atoms with Gasteiger partial charge in [0.15, 0.2) is 0 Å². The zero-order chi connectivity index (χ0) is 12.7. The van der Waals surface area contributed by atoms with Gasteiger partial charge in [0.2, 0.25) is 10.3 Å². The lowest BCUT2D eigenvalue weighted by Crippen LogP contribution is -2.51. The van der Waals surface area contributed by atoms with Crippen LogP contribution in [0, 0.1) is 0 Å². The predicted molar refractivity (Wildman–Crippen MR) is 59.2 cm³/mol. The third-order valence-corrected chi connectivity index (χ3v) is 2.13. The Bertz CT molecular complexity index is 382. The third-order valence-electron chi connectivity index (χ3n) is 1.74. The number of rotatable bonds is 3. The van der Waals surface area contributed by atoms with E-state index >= 15 is 0 Å². The molecule has 0 saturated carbocycles. The lowest BCUT2D eigenvalue weighted by atomic mass is 10.6. The number of nitrogens with one attached hydrogen (secondary N) is 1. The first-order valence-electron chi connectivity index (χ1n) is 4.69. The number of hydrazine groups is 1. The summed E-state index contributed by atoms with van der Waals surface area (Å²) in [5.74, 6) is -0.760. The molecule has 0 heterocycles. The Morgan fingerprint density at radius 2 is 1.88 bits per heavy atom. The summed E-state index contributed by atoms with van der Waals surface area (Å²) in [5, 5.41) is 5.06. The molecule has 0 aromatic rings. The van der Waals surface area contributed by atoms with Gasteiger partial charge in [0.1, 0.15) is 5.37 Å². The Morgan fingerprint density at radius 1 is 1.31 bits per heavy atom. The largest absolute Gasteiger partial charge is 0.337 e. The number of urea groups is 1. The first-order chi connectivity index (χ1) is 7.43. The van der Waals surface area contributed by atoms with E-state index in [0.29, 0.717) is 11.9 Å². The van der Waals surface area contributed by atoms with Crippen LogP contribution in [-0.4, -0.2) is 55.9 Å². The minimum absolute atomic E-state index is 0.195. The van der Waals surface area contributed by atoms with Gasteiger partial charge >= 0.3 is 6.03 Å². The van der Waals surface area contributed by atoms with E-state index in [2.05, 4.69) is 5.32 Å². The normalized spacial score (nSPS) is 9.19. The molecule has 92 valence electrons. The molecule has 0 unspecified atom stereocenters. The Balaban J connectivity index is 4.79. The standard InChI is InChI=1S/C8H15N3O4S/c1-4-9-8(13)10(3)11(5-2)7(12)6-16(14)15/h6H,4-5H2,1-3H3,(H,9,13). The first kappa shape index (κ1) is 14.4. The topological polar surface area (TPSA) is 86.8 Å². The fourth-order valence-electron chi connectivity index (χ4n) is 1.03. The highest BCUT2D eigenvalue weighted by Crippen LogP contribution is 1.95. The molecule has 0 bridgehead atoms. The van der Waals surface area contributed by atoms with Crippen LogP contribution in [0.1, 0.15) is 13.8 Å². The van der Waals surface area contributed by atoms with Crippen molar-refractivity contribution in [2.45, 2.75) is 13.8 Å². The van der Waals surface area contributed by atoms with Crippen LogP contribution < -0.4 is 5.32 Å². The van der Waals surface area contributed by atoms with Crippen molar-refractivity contribution in [1.29, 1.82) is 0 Å². The van der Waals surface area contributed by atoms with Crippen molar-refractivity contribution >= 4 is 27.6 Å². The molecule has 0 saturated heterocycles. The summed E-state index contributed by atoms with van der Waals surface area (Å²) >= 11 is 0. The monoisotopic (exact) mass is 249 g/mol. The van der Waals surface area contributed by atoms with Crippen LogP contribution in [0.4, 0.5) is 4.79 Å². The summed E-state index contributed by atoms with van der Waals surface area (Å²) in [7, 11) is -1.19. The van der Waals surface area contributed by atoms with Crippen LogP contribution in [0.25, 0.3) is 0 Å². The van der Waals surface area contributed by atoms with Gasteiger partial charge in [-0.25, -0.2) is 14.8 Å². The third kappa shape index (κ3) is 4.30. The molecule has 0 radical (unpaired) electrons. The van der Waals surface area contributed by atoms with E-state index in [-0.39, 0.29) is 6.54 Å². The van der Waals surface area contributed by atoms with Gasteiger partial charge in [0.25, 0.3) is 5.91 Å². The smallest absolute Gasteiger partial charge is 0.336 e. The van der Waals surface area contributed by atoms with Gasteiger partial charge in [-0.1, -0.05) is 0 Å². The van der Waals surface area contributed by atoms with Gasteiger partial charge in [-0.05, 0) is 13.8 Å². The number of carbonyl (C=O) groups excluding carboxylic acids is 2. The molecule has 1 N–H and O–H groups in total. The van der Waals surface area contributed by atoms with Crippen LogP contribution in [0.3, 0.4) is 0 Å². The van der Waals surface area contributed by atoms with Crippen LogP contribution in [0.5, 0.6) is 0 Å². The van der Waals surface area contributed by atoms with Crippen molar-refractivity contribution in [3.05, 3.63) is 0 Å². The Morgan fingerprint density at radius 3 is 2.25 bits per heavy atom. The van der Waals surface area contributed by atoms with Crippen LogP contribution in [0.2, 0.25) is 0 Å². The van der Waals surface area contributed by atoms with E-state index in [9.17, 15) is 18.0 Å². The van der Waals surface area contributed by atoms with Gasteiger partial charge < -0.3 is 5.32 Å². The SMILES string of the molecule is CCNC(=O)N(C)N(CC)C(=O)C=S(=O)=O. The van der Waals surface area contributed by atoms with E-state index in [1.54, 1.807) is 13.8 Å². The first-order valence-corrected chi connectivity index (χ1v) is 5.83. The van der Waals surface area contributed by atoms with Gasteiger partial charge in [0, 0.05) is 20.1 Å². The molecule has 7 nitrogen and oxygen atoms in total. The highest BCUT2D eigenvalue weighted by Gasteiger charge is 2.19. The van der Waals surface area contributed by atoms with Gasteiger partial charge in [-0.3, -0.25) is 4.79 Å². The van der Waals surface area contributed by atoms with Crippen LogP contribution >= 0.6 is 0 Å². The second-order valence-electron chi connectivity index (χ2n) is 2.79. The van der Waals surface area contributed by atoms with Crippen molar-refractivity contribution in [2.75, 3.05) is 20.1 Å².